The summed E-state index contributed by atoms with van der Waals surface area (Å²) in [6.45, 7) is 0. The zero-order valence-electron chi connectivity index (χ0n) is 10.5. The average molecular weight is 370 g/mol. The molecule has 2 aromatic carbocycles. The summed E-state index contributed by atoms with van der Waals surface area (Å²) >= 11 is 15.1. The van der Waals surface area contributed by atoms with Gasteiger partial charge in [-0.2, -0.15) is 0 Å². The third kappa shape index (κ3) is 2.16. The molecule has 0 unspecified atom stereocenters. The summed E-state index contributed by atoms with van der Waals surface area (Å²) < 4.78 is 8.80. The molecule has 20 heavy (non-hydrogen) atoms. The van der Waals surface area contributed by atoms with Crippen LogP contribution in [0.4, 0.5) is 0 Å². The largest absolute Gasteiger partial charge is 0.494 e. The van der Waals surface area contributed by atoms with Gasteiger partial charge in [0.1, 0.15) is 11.3 Å². The van der Waals surface area contributed by atoms with Crippen LogP contribution in [0.2, 0.25) is 5.02 Å². The molecule has 0 amide bonds. The molecule has 1 aromatic heterocycles. The summed E-state index contributed by atoms with van der Waals surface area (Å²) in [7, 11) is 1.64. The summed E-state index contributed by atoms with van der Waals surface area (Å²) in [5.74, 6) is 0.755. The van der Waals surface area contributed by atoms with Crippen molar-refractivity contribution < 1.29 is 4.74 Å². The van der Waals surface area contributed by atoms with Crippen molar-refractivity contribution in [1.29, 1.82) is 0 Å². The fourth-order valence-corrected chi connectivity index (χ4v) is 3.06. The van der Waals surface area contributed by atoms with Crippen molar-refractivity contribution in [3.8, 4) is 11.4 Å². The number of halogens is 2. The van der Waals surface area contributed by atoms with Crippen LogP contribution in [0.25, 0.3) is 16.7 Å². The summed E-state index contributed by atoms with van der Waals surface area (Å²) in [6, 6.07) is 11.4. The maximum Gasteiger partial charge on any atom is 0.182 e. The molecule has 0 fully saturated rings. The number of rotatable bonds is 2. The molecular formula is C14H10BrClN2OS. The number of benzene rings is 2. The fourth-order valence-electron chi connectivity index (χ4n) is 2.17. The maximum absolute atomic E-state index is 6.09. The molecule has 102 valence electrons. The first-order valence-corrected chi connectivity index (χ1v) is 7.43. The van der Waals surface area contributed by atoms with Crippen molar-refractivity contribution in [2.45, 2.75) is 0 Å². The molecule has 3 aromatic rings. The zero-order chi connectivity index (χ0) is 14.3. The first-order chi connectivity index (χ1) is 9.61. The van der Waals surface area contributed by atoms with Crippen LogP contribution >= 0.6 is 39.7 Å². The number of ether oxygens (including phenoxy) is 1. The lowest BCUT2D eigenvalue weighted by molar-refractivity contribution is 0.419. The summed E-state index contributed by atoms with van der Waals surface area (Å²) in [6.07, 6.45) is 0. The van der Waals surface area contributed by atoms with Gasteiger partial charge in [0.25, 0.3) is 0 Å². The number of nitrogens with zero attached hydrogens (tertiary/aromatic N) is 1. The third-order valence-corrected chi connectivity index (χ3v) is 4.24. The van der Waals surface area contributed by atoms with Crippen LogP contribution in [-0.2, 0) is 0 Å². The number of hydrogen-bond acceptors (Lipinski definition) is 2. The molecule has 1 N–H and O–H groups in total. The highest BCUT2D eigenvalue weighted by Gasteiger charge is 2.12. The normalized spacial score (nSPS) is 10.9. The van der Waals surface area contributed by atoms with Gasteiger partial charge in [-0.05, 0) is 58.5 Å². The lowest BCUT2D eigenvalue weighted by Gasteiger charge is -2.08. The predicted molar refractivity (Wildman–Crippen MR) is 87.7 cm³/mol. The Balaban J connectivity index is 2.40. The SMILES string of the molecule is COc1cccc2c1[nH]c(=S)n2-c1cc(Cl)ccc1Br. The second-order valence-corrected chi connectivity index (χ2v) is 5.89. The fraction of sp³-hybridized carbons (Fsp3) is 0.0714. The summed E-state index contributed by atoms with van der Waals surface area (Å²) in [4.78, 5) is 3.18. The van der Waals surface area contributed by atoms with E-state index in [0.29, 0.717) is 9.79 Å². The van der Waals surface area contributed by atoms with Gasteiger partial charge in [-0.1, -0.05) is 17.7 Å². The van der Waals surface area contributed by atoms with E-state index in [1.807, 2.05) is 41.0 Å². The molecule has 0 bridgehead atoms. The van der Waals surface area contributed by atoms with E-state index in [2.05, 4.69) is 20.9 Å². The van der Waals surface area contributed by atoms with E-state index in [0.717, 1.165) is 26.9 Å². The molecule has 0 radical (unpaired) electrons. The van der Waals surface area contributed by atoms with E-state index in [1.165, 1.54) is 0 Å². The highest BCUT2D eigenvalue weighted by Crippen LogP contribution is 2.31. The van der Waals surface area contributed by atoms with Crippen LogP contribution in [0.5, 0.6) is 5.75 Å². The molecule has 1 heterocycles. The summed E-state index contributed by atoms with van der Waals surface area (Å²) in [5.41, 5.74) is 2.70. The van der Waals surface area contributed by atoms with Crippen molar-refractivity contribution in [2.75, 3.05) is 7.11 Å². The van der Waals surface area contributed by atoms with E-state index in [4.69, 9.17) is 28.6 Å². The van der Waals surface area contributed by atoms with E-state index in [1.54, 1.807) is 7.11 Å². The van der Waals surface area contributed by atoms with Crippen LogP contribution in [0.3, 0.4) is 0 Å². The minimum absolute atomic E-state index is 0.590. The Morgan fingerprint density at radius 1 is 1.30 bits per heavy atom. The van der Waals surface area contributed by atoms with Crippen LogP contribution in [0.15, 0.2) is 40.9 Å². The predicted octanol–water partition coefficient (Wildman–Crippen LogP) is 5.11. The van der Waals surface area contributed by atoms with E-state index in [9.17, 15) is 0 Å². The van der Waals surface area contributed by atoms with Crippen molar-refractivity contribution in [2.24, 2.45) is 0 Å². The van der Waals surface area contributed by atoms with E-state index < -0.39 is 0 Å². The lowest BCUT2D eigenvalue weighted by Crippen LogP contribution is -1.95. The Labute approximate surface area is 134 Å². The number of H-pyrrole nitrogens is 1. The van der Waals surface area contributed by atoms with Crippen molar-refractivity contribution >= 4 is 50.8 Å². The number of aromatic amines is 1. The van der Waals surface area contributed by atoms with Gasteiger partial charge in [0.05, 0.1) is 18.3 Å². The Morgan fingerprint density at radius 3 is 2.85 bits per heavy atom. The topological polar surface area (TPSA) is 29.9 Å². The van der Waals surface area contributed by atoms with Crippen LogP contribution in [-0.4, -0.2) is 16.7 Å². The maximum atomic E-state index is 6.09. The van der Waals surface area contributed by atoms with E-state index >= 15 is 0 Å². The molecule has 0 spiro atoms. The quantitative estimate of drug-likeness (QED) is 0.636. The lowest BCUT2D eigenvalue weighted by atomic mass is 10.2. The molecule has 6 heteroatoms. The Hall–Kier alpha value is -1.30. The third-order valence-electron chi connectivity index (χ3n) is 3.05. The highest BCUT2D eigenvalue weighted by atomic mass is 79.9. The molecule has 0 saturated heterocycles. The van der Waals surface area contributed by atoms with Crippen molar-refractivity contribution in [1.82, 2.24) is 9.55 Å². The van der Waals surface area contributed by atoms with Gasteiger partial charge >= 0.3 is 0 Å². The molecule has 0 atom stereocenters. The van der Waals surface area contributed by atoms with Crippen LogP contribution in [0, 0.1) is 4.77 Å². The molecular weight excluding hydrogens is 360 g/mol. The van der Waals surface area contributed by atoms with Gasteiger partial charge < -0.3 is 9.72 Å². The Morgan fingerprint density at radius 2 is 2.10 bits per heavy atom. The Bertz CT molecular complexity index is 856. The second-order valence-electron chi connectivity index (χ2n) is 4.22. The van der Waals surface area contributed by atoms with Crippen molar-refractivity contribution in [3.05, 3.63) is 50.7 Å². The van der Waals surface area contributed by atoms with Gasteiger partial charge in [-0.25, -0.2) is 0 Å². The van der Waals surface area contributed by atoms with E-state index in [-0.39, 0.29) is 0 Å². The van der Waals surface area contributed by atoms with Crippen LogP contribution < -0.4 is 4.74 Å². The molecule has 0 saturated carbocycles. The average Bonchev–Trinajstić information content (AvgIpc) is 2.77. The molecule has 3 nitrogen and oxygen atoms in total. The van der Waals surface area contributed by atoms with Gasteiger partial charge in [-0.3, -0.25) is 4.57 Å². The minimum Gasteiger partial charge on any atom is -0.494 e. The highest BCUT2D eigenvalue weighted by molar-refractivity contribution is 9.10. The number of methoxy groups -OCH3 is 1. The second kappa shape index (κ2) is 5.24. The zero-order valence-corrected chi connectivity index (χ0v) is 13.6. The number of fused-ring (bicyclic) bond motifs is 1. The number of imidazole rings is 1. The molecule has 0 aliphatic heterocycles. The van der Waals surface area contributed by atoms with Gasteiger partial charge in [0.15, 0.2) is 4.77 Å². The first kappa shape index (κ1) is 13.7. The van der Waals surface area contributed by atoms with Gasteiger partial charge in [-0.15, -0.1) is 0 Å². The van der Waals surface area contributed by atoms with Gasteiger partial charge in [0, 0.05) is 9.50 Å². The summed E-state index contributed by atoms with van der Waals surface area (Å²) in [5, 5.41) is 0.655. The van der Waals surface area contributed by atoms with Gasteiger partial charge in [0.2, 0.25) is 0 Å². The number of aromatic nitrogens is 2. The minimum atomic E-state index is 0.590. The van der Waals surface area contributed by atoms with Crippen LogP contribution in [0.1, 0.15) is 0 Å². The molecule has 0 aliphatic rings. The number of para-hydroxylation sites is 1. The molecule has 0 aliphatic carbocycles. The molecule has 3 rings (SSSR count). The first-order valence-electron chi connectivity index (χ1n) is 5.85. The number of hydrogen-bond donors (Lipinski definition) is 1. The number of nitrogens with one attached hydrogen (secondary N) is 1. The standard InChI is InChI=1S/C14H10BrClN2OS/c1-19-12-4-2-3-10-13(12)17-14(20)18(10)11-7-8(16)5-6-9(11)15/h2-7H,1H3,(H,17,20). The monoisotopic (exact) mass is 368 g/mol. The smallest absolute Gasteiger partial charge is 0.182 e. The Kier molecular flexibility index (Phi) is 3.58. The van der Waals surface area contributed by atoms with Crippen molar-refractivity contribution in [3.63, 3.8) is 0 Å².